The largest absolute Gasteiger partial charge is 0.493 e. The summed E-state index contributed by atoms with van der Waals surface area (Å²) in [6.07, 6.45) is 0.668. The SMILES string of the molecule is CC[C@@H](C)C(=O)Nc1cc(OC)c(OC)cc1C(=O)O. The molecule has 1 aromatic rings. The van der Waals surface area contributed by atoms with Crippen molar-refractivity contribution in [1.82, 2.24) is 0 Å². The number of carbonyl (C=O) groups excluding carboxylic acids is 1. The molecule has 0 spiro atoms. The molecule has 0 aliphatic carbocycles. The van der Waals surface area contributed by atoms with Crippen molar-refractivity contribution < 1.29 is 24.2 Å². The van der Waals surface area contributed by atoms with Gasteiger partial charge in [0.25, 0.3) is 0 Å². The molecule has 0 aromatic heterocycles. The van der Waals surface area contributed by atoms with Gasteiger partial charge >= 0.3 is 5.97 Å². The van der Waals surface area contributed by atoms with E-state index in [-0.39, 0.29) is 23.1 Å². The van der Waals surface area contributed by atoms with Crippen LogP contribution in [0.3, 0.4) is 0 Å². The van der Waals surface area contributed by atoms with Gasteiger partial charge in [0, 0.05) is 18.1 Å². The Hall–Kier alpha value is -2.24. The van der Waals surface area contributed by atoms with Gasteiger partial charge in [-0.3, -0.25) is 4.79 Å². The van der Waals surface area contributed by atoms with E-state index in [0.29, 0.717) is 17.9 Å². The van der Waals surface area contributed by atoms with Crippen molar-refractivity contribution in [1.29, 1.82) is 0 Å². The van der Waals surface area contributed by atoms with Gasteiger partial charge in [0.1, 0.15) is 0 Å². The molecule has 6 nitrogen and oxygen atoms in total. The minimum absolute atomic E-state index is 0.0423. The summed E-state index contributed by atoms with van der Waals surface area (Å²) in [7, 11) is 2.86. The van der Waals surface area contributed by atoms with Crippen LogP contribution in [0.1, 0.15) is 30.6 Å². The molecule has 0 unspecified atom stereocenters. The minimum Gasteiger partial charge on any atom is -0.493 e. The Morgan fingerprint density at radius 1 is 1.25 bits per heavy atom. The van der Waals surface area contributed by atoms with Gasteiger partial charge in [-0.15, -0.1) is 0 Å². The van der Waals surface area contributed by atoms with E-state index in [1.807, 2.05) is 6.92 Å². The lowest BCUT2D eigenvalue weighted by Gasteiger charge is -2.15. The molecule has 0 heterocycles. The van der Waals surface area contributed by atoms with Crippen LogP contribution >= 0.6 is 0 Å². The summed E-state index contributed by atoms with van der Waals surface area (Å²) >= 11 is 0. The number of carboxylic acids is 1. The van der Waals surface area contributed by atoms with Crippen LogP contribution in [0.5, 0.6) is 11.5 Å². The van der Waals surface area contributed by atoms with E-state index in [9.17, 15) is 14.7 Å². The number of benzene rings is 1. The Morgan fingerprint density at radius 3 is 2.25 bits per heavy atom. The molecule has 0 radical (unpaired) electrons. The van der Waals surface area contributed by atoms with Crippen LogP contribution in [-0.2, 0) is 4.79 Å². The average molecular weight is 281 g/mol. The van der Waals surface area contributed by atoms with Crippen LogP contribution in [0, 0.1) is 5.92 Å². The van der Waals surface area contributed by atoms with Crippen LogP contribution < -0.4 is 14.8 Å². The first-order valence-electron chi connectivity index (χ1n) is 6.24. The molecular weight excluding hydrogens is 262 g/mol. The molecule has 6 heteroatoms. The molecule has 0 aliphatic rings. The van der Waals surface area contributed by atoms with E-state index < -0.39 is 5.97 Å². The van der Waals surface area contributed by atoms with Gasteiger partial charge in [0.15, 0.2) is 11.5 Å². The van der Waals surface area contributed by atoms with Crippen molar-refractivity contribution >= 4 is 17.6 Å². The van der Waals surface area contributed by atoms with E-state index >= 15 is 0 Å². The van der Waals surface area contributed by atoms with E-state index in [1.54, 1.807) is 6.92 Å². The first kappa shape index (κ1) is 15.8. The number of rotatable bonds is 6. The summed E-state index contributed by atoms with van der Waals surface area (Å²) in [6, 6.07) is 2.77. The second-order valence-electron chi connectivity index (χ2n) is 4.36. The monoisotopic (exact) mass is 281 g/mol. The van der Waals surface area contributed by atoms with Crippen molar-refractivity contribution in [2.45, 2.75) is 20.3 Å². The Labute approximate surface area is 117 Å². The van der Waals surface area contributed by atoms with Crippen molar-refractivity contribution in [3.05, 3.63) is 17.7 Å². The van der Waals surface area contributed by atoms with E-state index in [0.717, 1.165) is 0 Å². The van der Waals surface area contributed by atoms with Gasteiger partial charge in [-0.2, -0.15) is 0 Å². The average Bonchev–Trinajstić information content (AvgIpc) is 2.45. The Kier molecular flexibility index (Phi) is 5.37. The predicted molar refractivity (Wildman–Crippen MR) is 74.6 cm³/mol. The lowest BCUT2D eigenvalue weighted by atomic mass is 10.1. The number of aromatic carboxylic acids is 1. The standard InChI is InChI=1S/C14H19NO5/c1-5-8(2)13(16)15-10-7-12(20-4)11(19-3)6-9(10)14(17)18/h6-8H,5H2,1-4H3,(H,15,16)(H,17,18)/t8-/m1/s1. The summed E-state index contributed by atoms with van der Waals surface area (Å²) in [6.45, 7) is 3.66. The molecule has 0 aliphatic heterocycles. The molecule has 0 fully saturated rings. The van der Waals surface area contributed by atoms with Gasteiger partial charge in [-0.05, 0) is 6.42 Å². The summed E-state index contributed by atoms with van der Waals surface area (Å²) < 4.78 is 10.2. The second kappa shape index (κ2) is 6.79. The Balaban J connectivity index is 3.22. The minimum atomic E-state index is -1.15. The number of hydrogen-bond donors (Lipinski definition) is 2. The lowest BCUT2D eigenvalue weighted by Crippen LogP contribution is -2.21. The molecule has 2 N–H and O–H groups in total. The van der Waals surface area contributed by atoms with Crippen molar-refractivity contribution in [3.8, 4) is 11.5 Å². The third-order valence-corrected chi connectivity index (χ3v) is 3.07. The molecule has 0 bridgehead atoms. The van der Waals surface area contributed by atoms with Crippen LogP contribution in [-0.4, -0.2) is 31.2 Å². The number of anilines is 1. The molecule has 1 amide bonds. The number of hydrogen-bond acceptors (Lipinski definition) is 4. The van der Waals surface area contributed by atoms with Gasteiger partial charge in [0.2, 0.25) is 5.91 Å². The van der Waals surface area contributed by atoms with E-state index in [2.05, 4.69) is 5.32 Å². The molecule has 0 saturated heterocycles. The highest BCUT2D eigenvalue weighted by molar-refractivity contribution is 6.02. The maximum Gasteiger partial charge on any atom is 0.337 e. The highest BCUT2D eigenvalue weighted by atomic mass is 16.5. The molecule has 1 aromatic carbocycles. The Bertz CT molecular complexity index is 513. The molecule has 1 atom stereocenters. The zero-order valence-corrected chi connectivity index (χ0v) is 12.0. The van der Waals surface area contributed by atoms with Crippen LogP contribution in [0.4, 0.5) is 5.69 Å². The van der Waals surface area contributed by atoms with Gasteiger partial charge < -0.3 is 19.9 Å². The highest BCUT2D eigenvalue weighted by Crippen LogP contribution is 2.33. The van der Waals surface area contributed by atoms with Gasteiger partial charge in [-0.1, -0.05) is 13.8 Å². The first-order valence-corrected chi connectivity index (χ1v) is 6.24. The van der Waals surface area contributed by atoms with Gasteiger partial charge in [-0.25, -0.2) is 4.79 Å². The van der Waals surface area contributed by atoms with Crippen LogP contribution in [0.2, 0.25) is 0 Å². The summed E-state index contributed by atoms with van der Waals surface area (Å²) in [4.78, 5) is 23.2. The summed E-state index contributed by atoms with van der Waals surface area (Å²) in [5, 5.41) is 11.8. The third kappa shape index (κ3) is 3.40. The topological polar surface area (TPSA) is 84.9 Å². The Morgan fingerprint density at radius 2 is 1.80 bits per heavy atom. The van der Waals surface area contributed by atoms with E-state index in [4.69, 9.17) is 9.47 Å². The highest BCUT2D eigenvalue weighted by Gasteiger charge is 2.19. The lowest BCUT2D eigenvalue weighted by molar-refractivity contribution is -0.119. The number of methoxy groups -OCH3 is 2. The normalized spacial score (nSPS) is 11.6. The molecular formula is C14H19NO5. The fourth-order valence-corrected chi connectivity index (χ4v) is 1.60. The number of ether oxygens (including phenoxy) is 2. The summed E-state index contributed by atoms with van der Waals surface area (Å²) in [5.74, 6) is -0.930. The van der Waals surface area contributed by atoms with Crippen LogP contribution in [0.25, 0.3) is 0 Å². The maximum atomic E-state index is 11.9. The maximum absolute atomic E-state index is 11.9. The van der Waals surface area contributed by atoms with E-state index in [1.165, 1.54) is 26.4 Å². The predicted octanol–water partition coefficient (Wildman–Crippen LogP) is 2.39. The van der Waals surface area contributed by atoms with Crippen LogP contribution in [0.15, 0.2) is 12.1 Å². The fourth-order valence-electron chi connectivity index (χ4n) is 1.60. The quantitative estimate of drug-likeness (QED) is 0.836. The number of carbonyl (C=O) groups is 2. The molecule has 110 valence electrons. The van der Waals surface area contributed by atoms with Crippen molar-refractivity contribution in [3.63, 3.8) is 0 Å². The van der Waals surface area contributed by atoms with Gasteiger partial charge in [0.05, 0.1) is 25.5 Å². The van der Waals surface area contributed by atoms with Crippen molar-refractivity contribution in [2.24, 2.45) is 5.92 Å². The third-order valence-electron chi connectivity index (χ3n) is 3.07. The molecule has 1 rings (SSSR count). The number of amides is 1. The van der Waals surface area contributed by atoms with Crippen molar-refractivity contribution in [2.75, 3.05) is 19.5 Å². The first-order chi connectivity index (χ1) is 9.44. The fraction of sp³-hybridized carbons (Fsp3) is 0.429. The number of carboxylic acid groups (broad SMARTS) is 1. The zero-order valence-electron chi connectivity index (χ0n) is 12.0. The molecule has 20 heavy (non-hydrogen) atoms. The molecule has 0 saturated carbocycles. The second-order valence-corrected chi connectivity index (χ2v) is 4.36. The summed E-state index contributed by atoms with van der Waals surface area (Å²) in [5.41, 5.74) is 0.153. The zero-order chi connectivity index (χ0) is 15.3. The smallest absolute Gasteiger partial charge is 0.337 e. The number of nitrogens with one attached hydrogen (secondary N) is 1.